The third-order valence-corrected chi connectivity index (χ3v) is 3.82. The number of nitrogens with zero attached hydrogens (tertiary/aromatic N) is 1. The summed E-state index contributed by atoms with van der Waals surface area (Å²) < 4.78 is 10.3. The molecule has 3 rings (SSSR count). The van der Waals surface area contributed by atoms with Gasteiger partial charge in [-0.2, -0.15) is 0 Å². The maximum Gasteiger partial charge on any atom is 0.343 e. The number of anilines is 1. The van der Waals surface area contributed by atoms with Crippen LogP contribution in [0.2, 0.25) is 0 Å². The molecule has 0 radical (unpaired) electrons. The van der Waals surface area contributed by atoms with Gasteiger partial charge in [-0.3, -0.25) is 4.79 Å². The molecule has 27 heavy (non-hydrogen) atoms. The number of ether oxygens (including phenoxy) is 1. The van der Waals surface area contributed by atoms with Crippen molar-refractivity contribution in [1.82, 2.24) is 5.16 Å². The van der Waals surface area contributed by atoms with E-state index in [1.54, 1.807) is 56.3 Å². The highest BCUT2D eigenvalue weighted by atomic mass is 16.5. The molecular formula is C20H18N2O5. The predicted octanol–water partition coefficient (Wildman–Crippen LogP) is 3.53. The summed E-state index contributed by atoms with van der Waals surface area (Å²) in [7, 11) is 0. The van der Waals surface area contributed by atoms with Gasteiger partial charge in [-0.05, 0) is 31.5 Å². The van der Waals surface area contributed by atoms with Crippen molar-refractivity contribution in [3.8, 4) is 5.75 Å². The first kappa shape index (κ1) is 18.2. The van der Waals surface area contributed by atoms with Gasteiger partial charge in [0.1, 0.15) is 17.1 Å². The molecule has 0 aliphatic rings. The summed E-state index contributed by atoms with van der Waals surface area (Å²) in [6.45, 7) is 3.48. The lowest BCUT2D eigenvalue weighted by atomic mass is 10.1. The molecule has 1 unspecified atom stereocenters. The zero-order valence-electron chi connectivity index (χ0n) is 14.8. The number of rotatable bonds is 5. The molecule has 3 aromatic rings. The van der Waals surface area contributed by atoms with Crippen molar-refractivity contribution in [1.29, 1.82) is 0 Å². The van der Waals surface area contributed by atoms with Gasteiger partial charge in [0.2, 0.25) is 6.10 Å². The van der Waals surface area contributed by atoms with Crippen molar-refractivity contribution in [3.63, 3.8) is 0 Å². The van der Waals surface area contributed by atoms with Gasteiger partial charge in [0.05, 0.1) is 0 Å². The van der Waals surface area contributed by atoms with Crippen LogP contribution in [0, 0.1) is 13.8 Å². The minimum absolute atomic E-state index is 0.0217. The number of esters is 1. The van der Waals surface area contributed by atoms with Gasteiger partial charge in [-0.25, -0.2) is 4.79 Å². The van der Waals surface area contributed by atoms with Gasteiger partial charge in [-0.15, -0.1) is 0 Å². The quantitative estimate of drug-likeness (QED) is 0.670. The van der Waals surface area contributed by atoms with Crippen LogP contribution in [0.3, 0.4) is 0 Å². The molecule has 1 amide bonds. The fourth-order valence-corrected chi connectivity index (χ4v) is 2.50. The molecule has 0 saturated heterocycles. The molecule has 1 heterocycles. The third-order valence-electron chi connectivity index (χ3n) is 3.82. The number of hydrogen-bond donors (Lipinski definition) is 2. The van der Waals surface area contributed by atoms with E-state index in [0.29, 0.717) is 11.3 Å². The Hall–Kier alpha value is -3.61. The second-order valence-electron chi connectivity index (χ2n) is 6.03. The summed E-state index contributed by atoms with van der Waals surface area (Å²) in [4.78, 5) is 25.2. The predicted molar refractivity (Wildman–Crippen MR) is 97.3 cm³/mol. The van der Waals surface area contributed by atoms with E-state index in [-0.39, 0.29) is 17.1 Å². The molecule has 0 fully saturated rings. The lowest BCUT2D eigenvalue weighted by molar-refractivity contribution is -0.125. The van der Waals surface area contributed by atoms with Gasteiger partial charge in [-0.1, -0.05) is 41.6 Å². The highest BCUT2D eigenvalue weighted by Crippen LogP contribution is 2.25. The SMILES string of the molecule is Cc1ccc(C(=O)OC(C(=O)Nc2cc(C)on2)c2ccccc2)c(O)c1. The zero-order valence-corrected chi connectivity index (χ0v) is 14.8. The van der Waals surface area contributed by atoms with Gasteiger partial charge in [0.25, 0.3) is 5.91 Å². The Kier molecular flexibility index (Phi) is 5.21. The second kappa shape index (κ2) is 7.74. The summed E-state index contributed by atoms with van der Waals surface area (Å²) in [5.41, 5.74) is 1.25. The Morgan fingerprint density at radius 3 is 2.48 bits per heavy atom. The van der Waals surface area contributed by atoms with Crippen molar-refractivity contribution in [2.75, 3.05) is 5.32 Å². The van der Waals surface area contributed by atoms with E-state index in [2.05, 4.69) is 10.5 Å². The van der Waals surface area contributed by atoms with Crippen LogP contribution in [0.25, 0.3) is 0 Å². The maximum absolute atomic E-state index is 12.7. The number of phenolic OH excluding ortho intramolecular Hbond substituents is 1. The smallest absolute Gasteiger partial charge is 0.343 e. The van der Waals surface area contributed by atoms with Crippen LogP contribution in [-0.4, -0.2) is 22.1 Å². The molecular weight excluding hydrogens is 348 g/mol. The Morgan fingerprint density at radius 2 is 1.85 bits per heavy atom. The number of carbonyl (C=O) groups is 2. The summed E-state index contributed by atoms with van der Waals surface area (Å²) in [6, 6.07) is 14.7. The summed E-state index contributed by atoms with van der Waals surface area (Å²) in [6.07, 6.45) is -1.23. The van der Waals surface area contributed by atoms with E-state index < -0.39 is 18.0 Å². The van der Waals surface area contributed by atoms with E-state index in [9.17, 15) is 14.7 Å². The van der Waals surface area contributed by atoms with Crippen molar-refractivity contribution < 1.29 is 24.0 Å². The molecule has 138 valence electrons. The van der Waals surface area contributed by atoms with Crippen LogP contribution in [0.15, 0.2) is 59.1 Å². The lowest BCUT2D eigenvalue weighted by Crippen LogP contribution is -2.26. The fourth-order valence-electron chi connectivity index (χ4n) is 2.50. The zero-order chi connectivity index (χ0) is 19.4. The highest BCUT2D eigenvalue weighted by Gasteiger charge is 2.27. The van der Waals surface area contributed by atoms with Crippen LogP contribution in [0.1, 0.15) is 33.3 Å². The second-order valence-corrected chi connectivity index (χ2v) is 6.03. The summed E-state index contributed by atoms with van der Waals surface area (Å²) >= 11 is 0. The average molecular weight is 366 g/mol. The minimum Gasteiger partial charge on any atom is -0.507 e. The Bertz CT molecular complexity index is 966. The van der Waals surface area contributed by atoms with Gasteiger partial charge in [0.15, 0.2) is 5.82 Å². The molecule has 0 spiro atoms. The van der Waals surface area contributed by atoms with E-state index in [1.807, 2.05) is 0 Å². The minimum atomic E-state index is -1.23. The third kappa shape index (κ3) is 4.33. The van der Waals surface area contributed by atoms with Gasteiger partial charge >= 0.3 is 5.97 Å². The summed E-state index contributed by atoms with van der Waals surface area (Å²) in [5, 5.41) is 16.3. The number of hydrogen-bond acceptors (Lipinski definition) is 6. The highest BCUT2D eigenvalue weighted by molar-refractivity contribution is 5.98. The van der Waals surface area contributed by atoms with Crippen LogP contribution in [0.5, 0.6) is 5.75 Å². The maximum atomic E-state index is 12.7. The van der Waals surface area contributed by atoms with Crippen molar-refractivity contribution in [3.05, 3.63) is 77.0 Å². The molecule has 0 saturated carbocycles. The molecule has 1 aromatic heterocycles. The van der Waals surface area contributed by atoms with E-state index in [0.717, 1.165) is 5.56 Å². The number of benzene rings is 2. The number of aryl methyl sites for hydroxylation is 2. The van der Waals surface area contributed by atoms with E-state index >= 15 is 0 Å². The number of amides is 1. The Balaban J connectivity index is 1.86. The first-order valence-electron chi connectivity index (χ1n) is 8.24. The first-order valence-corrected chi connectivity index (χ1v) is 8.24. The molecule has 0 bridgehead atoms. The normalized spacial score (nSPS) is 11.6. The molecule has 7 nitrogen and oxygen atoms in total. The van der Waals surface area contributed by atoms with Crippen LogP contribution in [-0.2, 0) is 9.53 Å². The largest absolute Gasteiger partial charge is 0.507 e. The Morgan fingerprint density at radius 1 is 1.11 bits per heavy atom. The monoisotopic (exact) mass is 366 g/mol. The Labute approximate surface area is 155 Å². The van der Waals surface area contributed by atoms with Crippen molar-refractivity contribution >= 4 is 17.7 Å². The standard InChI is InChI=1S/C20H18N2O5/c1-12-8-9-15(16(23)10-12)20(25)26-18(14-6-4-3-5-7-14)19(24)21-17-11-13(2)27-22-17/h3-11,18,23H,1-2H3,(H,21,22,24). The average Bonchev–Trinajstić information content (AvgIpc) is 3.04. The number of nitrogens with one attached hydrogen (secondary N) is 1. The number of phenols is 1. The topological polar surface area (TPSA) is 102 Å². The van der Waals surface area contributed by atoms with Gasteiger partial charge in [0, 0.05) is 11.6 Å². The van der Waals surface area contributed by atoms with Crippen molar-refractivity contribution in [2.45, 2.75) is 20.0 Å². The van der Waals surface area contributed by atoms with Crippen LogP contribution >= 0.6 is 0 Å². The van der Waals surface area contributed by atoms with Gasteiger partial charge < -0.3 is 19.7 Å². The van der Waals surface area contributed by atoms with Crippen LogP contribution in [0.4, 0.5) is 5.82 Å². The number of aromatic nitrogens is 1. The van der Waals surface area contributed by atoms with E-state index in [1.165, 1.54) is 12.1 Å². The summed E-state index contributed by atoms with van der Waals surface area (Å²) in [5.74, 6) is -0.863. The van der Waals surface area contributed by atoms with Crippen LogP contribution < -0.4 is 5.32 Å². The first-order chi connectivity index (χ1) is 12.9. The lowest BCUT2D eigenvalue weighted by Gasteiger charge is -2.17. The number of carbonyl (C=O) groups excluding carboxylic acids is 2. The molecule has 0 aliphatic carbocycles. The molecule has 2 N–H and O–H groups in total. The molecule has 0 aliphatic heterocycles. The molecule has 1 atom stereocenters. The fraction of sp³-hybridized carbons (Fsp3) is 0.150. The molecule has 2 aromatic carbocycles. The van der Waals surface area contributed by atoms with E-state index in [4.69, 9.17) is 9.26 Å². The molecule has 7 heteroatoms. The number of aromatic hydroxyl groups is 1. The van der Waals surface area contributed by atoms with Crippen molar-refractivity contribution in [2.24, 2.45) is 0 Å².